The normalized spacial score (nSPS) is 16.3. The first-order valence-electron chi connectivity index (χ1n) is 7.51. The van der Waals surface area contributed by atoms with E-state index in [2.05, 4.69) is 37.2 Å². The molecule has 0 spiro atoms. The molecule has 21 heavy (non-hydrogen) atoms. The first-order chi connectivity index (χ1) is 10.3. The van der Waals surface area contributed by atoms with E-state index >= 15 is 0 Å². The predicted octanol–water partition coefficient (Wildman–Crippen LogP) is 1.65. The van der Waals surface area contributed by atoms with Gasteiger partial charge in [-0.2, -0.15) is 9.97 Å². The van der Waals surface area contributed by atoms with Crippen LogP contribution < -0.4 is 10.2 Å². The SMILES string of the molecule is CCNc1nc(N(C)CC2CCOCC2)c2[nH]cnc2n1. The Bertz CT molecular complexity index is 592. The van der Waals surface area contributed by atoms with Crippen molar-refractivity contribution in [3.63, 3.8) is 0 Å². The number of aromatic amines is 1. The number of imidazole rings is 1. The van der Waals surface area contributed by atoms with E-state index in [0.29, 0.717) is 17.5 Å². The Morgan fingerprint density at radius 3 is 2.95 bits per heavy atom. The van der Waals surface area contributed by atoms with Gasteiger partial charge in [-0.05, 0) is 25.7 Å². The van der Waals surface area contributed by atoms with Crippen molar-refractivity contribution in [2.45, 2.75) is 19.8 Å². The molecule has 0 bridgehead atoms. The Kier molecular flexibility index (Phi) is 4.19. The molecule has 7 nitrogen and oxygen atoms in total. The maximum absolute atomic E-state index is 5.43. The third kappa shape index (κ3) is 3.07. The van der Waals surface area contributed by atoms with Crippen LogP contribution in [-0.2, 0) is 4.74 Å². The van der Waals surface area contributed by atoms with Crippen molar-refractivity contribution in [3.05, 3.63) is 6.33 Å². The highest BCUT2D eigenvalue weighted by Crippen LogP contribution is 2.24. The number of nitrogens with zero attached hydrogens (tertiary/aromatic N) is 4. The maximum atomic E-state index is 5.43. The summed E-state index contributed by atoms with van der Waals surface area (Å²) in [4.78, 5) is 18.6. The van der Waals surface area contributed by atoms with Gasteiger partial charge in [0, 0.05) is 33.4 Å². The second kappa shape index (κ2) is 6.26. The largest absolute Gasteiger partial charge is 0.381 e. The predicted molar refractivity (Wildman–Crippen MR) is 82.7 cm³/mol. The van der Waals surface area contributed by atoms with Crippen molar-refractivity contribution in [1.82, 2.24) is 19.9 Å². The van der Waals surface area contributed by atoms with Crippen LogP contribution in [0.5, 0.6) is 0 Å². The van der Waals surface area contributed by atoms with Crippen molar-refractivity contribution in [2.24, 2.45) is 5.92 Å². The third-order valence-corrected chi connectivity index (χ3v) is 3.84. The number of ether oxygens (including phenoxy) is 1. The molecule has 3 heterocycles. The Labute approximate surface area is 124 Å². The van der Waals surface area contributed by atoms with Crippen LogP contribution in [0.3, 0.4) is 0 Å². The minimum absolute atomic E-state index is 0.630. The van der Waals surface area contributed by atoms with Gasteiger partial charge in [0.1, 0.15) is 5.52 Å². The van der Waals surface area contributed by atoms with Crippen LogP contribution in [0, 0.1) is 5.92 Å². The van der Waals surface area contributed by atoms with Crippen molar-refractivity contribution in [2.75, 3.05) is 43.6 Å². The first-order valence-corrected chi connectivity index (χ1v) is 7.51. The average molecular weight is 290 g/mol. The van der Waals surface area contributed by atoms with Crippen LogP contribution >= 0.6 is 0 Å². The molecule has 0 aliphatic carbocycles. The third-order valence-electron chi connectivity index (χ3n) is 3.84. The highest BCUT2D eigenvalue weighted by Gasteiger charge is 2.19. The summed E-state index contributed by atoms with van der Waals surface area (Å²) in [7, 11) is 2.08. The van der Waals surface area contributed by atoms with E-state index < -0.39 is 0 Å². The van der Waals surface area contributed by atoms with Gasteiger partial charge in [0.2, 0.25) is 5.95 Å². The summed E-state index contributed by atoms with van der Waals surface area (Å²) in [6, 6.07) is 0. The van der Waals surface area contributed by atoms with Crippen molar-refractivity contribution in [1.29, 1.82) is 0 Å². The van der Waals surface area contributed by atoms with E-state index in [4.69, 9.17) is 4.74 Å². The fraction of sp³-hybridized carbons (Fsp3) is 0.643. The van der Waals surface area contributed by atoms with E-state index in [-0.39, 0.29) is 0 Å². The van der Waals surface area contributed by atoms with Crippen LogP contribution in [0.25, 0.3) is 11.2 Å². The van der Waals surface area contributed by atoms with Crippen LogP contribution in [-0.4, -0.2) is 53.3 Å². The lowest BCUT2D eigenvalue weighted by molar-refractivity contribution is 0.0685. The standard InChI is InChI=1S/C14H22N6O/c1-3-15-14-18-12-11(16-9-17-12)13(19-14)20(2)8-10-4-6-21-7-5-10/h9-10H,3-8H2,1-2H3,(H2,15,16,17,18,19). The molecule has 1 aliphatic rings. The Balaban J connectivity index is 1.84. The van der Waals surface area contributed by atoms with E-state index in [1.165, 1.54) is 0 Å². The van der Waals surface area contributed by atoms with Gasteiger partial charge in [-0.3, -0.25) is 0 Å². The number of aromatic nitrogens is 4. The smallest absolute Gasteiger partial charge is 0.226 e. The summed E-state index contributed by atoms with van der Waals surface area (Å²) in [5.74, 6) is 2.19. The van der Waals surface area contributed by atoms with Crippen LogP contribution in [0.1, 0.15) is 19.8 Å². The Hall–Kier alpha value is -1.89. The molecule has 0 aromatic carbocycles. The summed E-state index contributed by atoms with van der Waals surface area (Å²) in [5.41, 5.74) is 1.60. The fourth-order valence-corrected chi connectivity index (χ4v) is 2.73. The van der Waals surface area contributed by atoms with Crippen LogP contribution in [0.15, 0.2) is 6.33 Å². The molecule has 2 aromatic rings. The van der Waals surface area contributed by atoms with Gasteiger partial charge in [0.25, 0.3) is 0 Å². The van der Waals surface area contributed by atoms with Gasteiger partial charge in [-0.1, -0.05) is 0 Å². The molecule has 2 aromatic heterocycles. The van der Waals surface area contributed by atoms with Gasteiger partial charge in [0.05, 0.1) is 6.33 Å². The summed E-state index contributed by atoms with van der Waals surface area (Å²) >= 11 is 0. The lowest BCUT2D eigenvalue weighted by Crippen LogP contribution is -2.30. The molecular weight excluding hydrogens is 268 g/mol. The van der Waals surface area contributed by atoms with E-state index in [9.17, 15) is 0 Å². The van der Waals surface area contributed by atoms with Crippen molar-refractivity contribution < 1.29 is 4.74 Å². The summed E-state index contributed by atoms with van der Waals surface area (Å²) in [6.45, 7) is 5.53. The zero-order valence-corrected chi connectivity index (χ0v) is 12.6. The van der Waals surface area contributed by atoms with Crippen molar-refractivity contribution in [3.8, 4) is 0 Å². The van der Waals surface area contributed by atoms with Gasteiger partial charge >= 0.3 is 0 Å². The van der Waals surface area contributed by atoms with Gasteiger partial charge in [-0.25, -0.2) is 4.98 Å². The van der Waals surface area contributed by atoms with Crippen LogP contribution in [0.2, 0.25) is 0 Å². The number of H-pyrrole nitrogens is 1. The number of hydrogen-bond acceptors (Lipinski definition) is 6. The number of anilines is 2. The monoisotopic (exact) mass is 290 g/mol. The summed E-state index contributed by atoms with van der Waals surface area (Å²) in [5, 5.41) is 3.17. The zero-order valence-electron chi connectivity index (χ0n) is 12.6. The molecule has 1 saturated heterocycles. The molecule has 114 valence electrons. The molecule has 0 atom stereocenters. The topological polar surface area (TPSA) is 79.0 Å². The minimum Gasteiger partial charge on any atom is -0.381 e. The highest BCUT2D eigenvalue weighted by molar-refractivity contribution is 5.84. The highest BCUT2D eigenvalue weighted by atomic mass is 16.5. The Morgan fingerprint density at radius 2 is 2.19 bits per heavy atom. The molecule has 0 radical (unpaired) electrons. The second-order valence-corrected chi connectivity index (χ2v) is 5.44. The second-order valence-electron chi connectivity index (χ2n) is 5.44. The van der Waals surface area contributed by atoms with Gasteiger partial charge in [-0.15, -0.1) is 0 Å². The quantitative estimate of drug-likeness (QED) is 0.871. The number of hydrogen-bond donors (Lipinski definition) is 2. The average Bonchev–Trinajstić information content (AvgIpc) is 2.96. The summed E-state index contributed by atoms with van der Waals surface area (Å²) < 4.78 is 5.43. The number of nitrogens with one attached hydrogen (secondary N) is 2. The number of fused-ring (bicyclic) bond motifs is 1. The van der Waals surface area contributed by atoms with Crippen molar-refractivity contribution >= 4 is 22.9 Å². The molecule has 1 aliphatic heterocycles. The molecule has 2 N–H and O–H groups in total. The summed E-state index contributed by atoms with van der Waals surface area (Å²) in [6.07, 6.45) is 3.89. The van der Waals surface area contributed by atoms with Gasteiger partial charge < -0.3 is 19.9 Å². The van der Waals surface area contributed by atoms with Crippen LogP contribution in [0.4, 0.5) is 11.8 Å². The number of rotatable bonds is 5. The minimum atomic E-state index is 0.630. The van der Waals surface area contributed by atoms with E-state index in [1.54, 1.807) is 6.33 Å². The molecule has 0 unspecified atom stereocenters. The maximum Gasteiger partial charge on any atom is 0.226 e. The van der Waals surface area contributed by atoms with Gasteiger partial charge in [0.15, 0.2) is 11.5 Å². The Morgan fingerprint density at radius 1 is 1.38 bits per heavy atom. The molecular formula is C14H22N6O. The zero-order chi connectivity index (χ0) is 14.7. The molecule has 0 amide bonds. The molecule has 0 saturated carbocycles. The molecule has 7 heteroatoms. The fourth-order valence-electron chi connectivity index (χ4n) is 2.73. The van der Waals surface area contributed by atoms with E-state index in [1.807, 2.05) is 6.92 Å². The molecule has 1 fully saturated rings. The van der Waals surface area contributed by atoms with E-state index in [0.717, 1.165) is 50.5 Å². The first kappa shape index (κ1) is 14.1. The lowest BCUT2D eigenvalue weighted by atomic mass is 10.00. The molecule has 3 rings (SSSR count). The lowest BCUT2D eigenvalue weighted by Gasteiger charge is -2.28.